The summed E-state index contributed by atoms with van der Waals surface area (Å²) in [6.45, 7) is 14.1. The number of para-hydroxylation sites is 3. The van der Waals surface area contributed by atoms with Crippen LogP contribution in [0, 0.1) is 0 Å². The fourth-order valence-electron chi connectivity index (χ4n) is 19.1. The second-order valence-corrected chi connectivity index (χ2v) is 31.5. The van der Waals surface area contributed by atoms with Crippen molar-refractivity contribution in [3.63, 3.8) is 0 Å². The monoisotopic (exact) mass is 1380 g/mol. The standard InChI is InChI=1S/C102H72N6/c1-100(2)85-31-13-7-25-73(85)79-55-62(39-47-88(79)100)65-42-50-94-82(58-65)76-28-10-16-34-91(76)106(94)70-45-37-61(38-46-70)97-103-98(68-21-19-23-71(53-68)107-92-35-17-11-29-77(92)83-59-66(43-51-95(83)107)63-40-48-89-80(56-63)74-26-8-14-32-86(74)101(89,3)4)105-99(104-97)69-22-20-24-72(54-69)108-93-36-18-12-30-78(93)84-60-67(44-52-96(84)108)64-41-49-90-81(57-64)75-27-9-15-33-87(75)102(90,5)6/h7-60H,1-6H3. The first-order chi connectivity index (χ1) is 52.8. The lowest BCUT2D eigenvalue weighted by Crippen LogP contribution is -2.14. The van der Waals surface area contributed by atoms with E-state index >= 15 is 0 Å². The van der Waals surface area contributed by atoms with Gasteiger partial charge in [-0.2, -0.15) is 0 Å². The molecule has 4 heterocycles. The van der Waals surface area contributed by atoms with E-state index in [1.807, 2.05) is 0 Å². The Morgan fingerprint density at radius 3 is 0.833 bits per heavy atom. The van der Waals surface area contributed by atoms with Crippen LogP contribution < -0.4 is 0 Å². The van der Waals surface area contributed by atoms with Gasteiger partial charge in [-0.1, -0.05) is 248 Å². The first-order valence-electron chi connectivity index (χ1n) is 37.7. The van der Waals surface area contributed by atoms with Gasteiger partial charge in [0.15, 0.2) is 17.5 Å². The molecule has 4 aromatic heterocycles. The highest BCUT2D eigenvalue weighted by molar-refractivity contribution is 6.13. The van der Waals surface area contributed by atoms with Gasteiger partial charge in [-0.25, -0.2) is 15.0 Å². The van der Waals surface area contributed by atoms with Gasteiger partial charge in [-0.3, -0.25) is 0 Å². The van der Waals surface area contributed by atoms with Crippen molar-refractivity contribution >= 4 is 65.4 Å². The molecule has 3 aliphatic rings. The minimum atomic E-state index is -0.0608. The average molecular weight is 1380 g/mol. The van der Waals surface area contributed by atoms with Crippen molar-refractivity contribution < 1.29 is 0 Å². The minimum Gasteiger partial charge on any atom is -0.309 e. The topological polar surface area (TPSA) is 53.5 Å². The molecule has 108 heavy (non-hydrogen) atoms. The summed E-state index contributed by atoms with van der Waals surface area (Å²) in [6, 6.07) is 121. The van der Waals surface area contributed by atoms with Crippen molar-refractivity contribution in [1.29, 1.82) is 0 Å². The van der Waals surface area contributed by atoms with Crippen LogP contribution in [0.3, 0.4) is 0 Å². The Hall–Kier alpha value is -13.3. The lowest BCUT2D eigenvalue weighted by molar-refractivity contribution is 0.660. The number of hydrogen-bond acceptors (Lipinski definition) is 3. The molecule has 510 valence electrons. The van der Waals surface area contributed by atoms with Crippen molar-refractivity contribution in [2.45, 2.75) is 57.8 Å². The lowest BCUT2D eigenvalue weighted by Gasteiger charge is -2.21. The summed E-state index contributed by atoms with van der Waals surface area (Å²) in [5.41, 5.74) is 35.7. The predicted molar refractivity (Wildman–Crippen MR) is 448 cm³/mol. The molecule has 0 N–H and O–H groups in total. The summed E-state index contributed by atoms with van der Waals surface area (Å²) in [4.78, 5) is 16.5. The molecule has 0 unspecified atom stereocenters. The van der Waals surface area contributed by atoms with Crippen LogP contribution in [0.1, 0.15) is 74.9 Å². The molecule has 0 amide bonds. The highest BCUT2D eigenvalue weighted by Gasteiger charge is 2.38. The van der Waals surface area contributed by atoms with Gasteiger partial charge in [-0.15, -0.1) is 0 Å². The van der Waals surface area contributed by atoms with Crippen LogP contribution in [-0.4, -0.2) is 28.7 Å². The quantitative estimate of drug-likeness (QED) is 0.145. The maximum absolute atomic E-state index is 5.52. The van der Waals surface area contributed by atoms with E-state index in [1.165, 1.54) is 132 Å². The number of rotatable bonds is 9. The Morgan fingerprint density at radius 2 is 0.463 bits per heavy atom. The SMILES string of the molecule is CC1(C)c2ccccc2-c2cc(-c3ccc4c(c3)c3ccccc3n4-c3ccc(-c4nc(-c5cccc(-n6c7ccccc7c7cc(-c8ccc9c(c8)-c8ccccc8C9(C)C)ccc76)c5)nc(-c5cccc(-n6c7ccccc7c7cc(-c8ccc9c(c8)-c8ccccc8C9(C)C)ccc76)c5)n4)cc3)ccc21. The van der Waals surface area contributed by atoms with Crippen LogP contribution in [0.5, 0.6) is 0 Å². The Bertz CT molecular complexity index is 6800. The average Bonchev–Trinajstić information content (AvgIpc) is 1.59. The van der Waals surface area contributed by atoms with Gasteiger partial charge < -0.3 is 13.7 Å². The van der Waals surface area contributed by atoms with E-state index in [4.69, 9.17) is 15.0 Å². The van der Waals surface area contributed by atoms with Gasteiger partial charge in [0, 0.05) is 82.3 Å². The second kappa shape index (κ2) is 22.9. The number of nitrogens with zero attached hydrogens (tertiary/aromatic N) is 6. The first-order valence-corrected chi connectivity index (χ1v) is 37.7. The molecule has 0 saturated carbocycles. The van der Waals surface area contributed by atoms with E-state index in [2.05, 4.69) is 383 Å². The number of aromatic nitrogens is 6. The molecule has 0 spiro atoms. The zero-order valence-electron chi connectivity index (χ0n) is 60.9. The van der Waals surface area contributed by atoms with Crippen molar-refractivity contribution in [3.05, 3.63) is 361 Å². The van der Waals surface area contributed by atoms with E-state index in [0.717, 1.165) is 66.9 Å². The summed E-state index contributed by atoms with van der Waals surface area (Å²) in [7, 11) is 0. The van der Waals surface area contributed by atoms with Gasteiger partial charge >= 0.3 is 0 Å². The van der Waals surface area contributed by atoms with Gasteiger partial charge in [0.05, 0.1) is 33.1 Å². The smallest absolute Gasteiger partial charge is 0.164 e. The molecular weight excluding hydrogens is 1310 g/mol. The van der Waals surface area contributed by atoms with Crippen molar-refractivity contribution in [1.82, 2.24) is 28.7 Å². The van der Waals surface area contributed by atoms with Gasteiger partial charge in [-0.05, 0) is 221 Å². The predicted octanol–water partition coefficient (Wildman–Crippen LogP) is 26.1. The summed E-state index contributed by atoms with van der Waals surface area (Å²) in [6.07, 6.45) is 0. The van der Waals surface area contributed by atoms with Crippen LogP contribution in [0.15, 0.2) is 328 Å². The third-order valence-electron chi connectivity index (χ3n) is 24.5. The summed E-state index contributed by atoms with van der Waals surface area (Å²) >= 11 is 0. The van der Waals surface area contributed by atoms with E-state index in [0.29, 0.717) is 17.5 Å². The molecule has 6 heteroatoms. The van der Waals surface area contributed by atoms with Gasteiger partial charge in [0.25, 0.3) is 0 Å². The largest absolute Gasteiger partial charge is 0.309 e. The molecular formula is C102H72N6. The van der Waals surface area contributed by atoms with Crippen molar-refractivity contribution in [3.8, 4) is 118 Å². The van der Waals surface area contributed by atoms with Crippen LogP contribution in [0.2, 0.25) is 0 Å². The van der Waals surface area contributed by atoms with Gasteiger partial charge in [0.1, 0.15) is 0 Å². The van der Waals surface area contributed by atoms with Crippen LogP contribution in [0.4, 0.5) is 0 Å². The fourth-order valence-corrected chi connectivity index (χ4v) is 19.1. The molecule has 0 radical (unpaired) electrons. The molecule has 19 aromatic rings. The first kappa shape index (κ1) is 62.1. The molecule has 3 aliphatic carbocycles. The number of fused-ring (bicyclic) bond motifs is 18. The third-order valence-corrected chi connectivity index (χ3v) is 24.5. The van der Waals surface area contributed by atoms with Crippen molar-refractivity contribution in [2.24, 2.45) is 0 Å². The third kappa shape index (κ3) is 9.10. The fraction of sp³-hybridized carbons (Fsp3) is 0.0882. The number of hydrogen-bond donors (Lipinski definition) is 0. The molecule has 0 atom stereocenters. The molecule has 0 bridgehead atoms. The Balaban J connectivity index is 0.663. The van der Waals surface area contributed by atoms with Gasteiger partial charge in [0.2, 0.25) is 0 Å². The maximum atomic E-state index is 5.52. The highest BCUT2D eigenvalue weighted by atomic mass is 15.0. The Morgan fingerprint density at radius 1 is 0.185 bits per heavy atom. The van der Waals surface area contributed by atoms with E-state index in [1.54, 1.807) is 0 Å². The highest BCUT2D eigenvalue weighted by Crippen LogP contribution is 2.54. The van der Waals surface area contributed by atoms with Crippen LogP contribution >= 0.6 is 0 Å². The summed E-state index contributed by atoms with van der Waals surface area (Å²) in [5, 5.41) is 7.18. The lowest BCUT2D eigenvalue weighted by atomic mass is 9.82. The van der Waals surface area contributed by atoms with E-state index < -0.39 is 0 Å². The molecule has 0 fully saturated rings. The summed E-state index contributed by atoms with van der Waals surface area (Å²) < 4.78 is 7.19. The Kier molecular flexibility index (Phi) is 13.1. The normalized spacial score (nSPS) is 14.1. The van der Waals surface area contributed by atoms with Crippen LogP contribution in [0.25, 0.3) is 183 Å². The zero-order chi connectivity index (χ0) is 72.1. The van der Waals surface area contributed by atoms with E-state index in [-0.39, 0.29) is 16.2 Å². The van der Waals surface area contributed by atoms with E-state index in [9.17, 15) is 0 Å². The maximum Gasteiger partial charge on any atom is 0.164 e. The molecule has 22 rings (SSSR count). The molecule has 6 nitrogen and oxygen atoms in total. The molecule has 0 saturated heterocycles. The Labute approximate surface area is 626 Å². The van der Waals surface area contributed by atoms with Crippen molar-refractivity contribution in [2.75, 3.05) is 0 Å². The zero-order valence-corrected chi connectivity index (χ0v) is 60.9. The van der Waals surface area contributed by atoms with Crippen LogP contribution in [-0.2, 0) is 16.2 Å². The molecule has 0 aliphatic heterocycles. The minimum absolute atomic E-state index is 0.0534. The summed E-state index contributed by atoms with van der Waals surface area (Å²) in [5.74, 6) is 1.73. The number of benzene rings is 15. The molecule has 15 aromatic carbocycles. The second-order valence-electron chi connectivity index (χ2n) is 31.5.